The van der Waals surface area contributed by atoms with Crippen molar-refractivity contribution in [1.29, 1.82) is 0 Å². The molecule has 0 saturated carbocycles. The van der Waals surface area contributed by atoms with Crippen LogP contribution in [-0.4, -0.2) is 11.7 Å². The van der Waals surface area contributed by atoms with Crippen LogP contribution in [0.15, 0.2) is 24.3 Å². The van der Waals surface area contributed by atoms with Gasteiger partial charge in [-0.05, 0) is 11.5 Å². The van der Waals surface area contributed by atoms with Gasteiger partial charge < -0.3 is 0 Å². The lowest BCUT2D eigenvalue weighted by atomic mass is 10.0. The van der Waals surface area contributed by atoms with E-state index in [1.807, 2.05) is 24.3 Å². The summed E-state index contributed by atoms with van der Waals surface area (Å²) in [6.07, 6.45) is 0. The third kappa shape index (κ3) is 2.56. The fourth-order valence-corrected chi connectivity index (χ4v) is 1.29. The van der Waals surface area contributed by atoms with Crippen LogP contribution in [-0.2, 0) is 0 Å². The minimum absolute atomic E-state index is 0.0167. The van der Waals surface area contributed by atoms with Gasteiger partial charge in [0.2, 0.25) is 0 Å². The van der Waals surface area contributed by atoms with Crippen LogP contribution in [0.3, 0.4) is 0 Å². The van der Waals surface area contributed by atoms with Crippen molar-refractivity contribution in [2.75, 3.05) is 5.88 Å². The maximum atomic E-state index is 11.2. The van der Waals surface area contributed by atoms with Crippen LogP contribution in [0.1, 0.15) is 35.7 Å². The Balaban J connectivity index is 2.87. The standard InChI is InChI=1S/C11H13ClO/c1-8(2)9-3-5-10(6-4-9)11(13)7-12/h3-6,8H,7H2,1-2H3. The van der Waals surface area contributed by atoms with Crippen molar-refractivity contribution in [3.05, 3.63) is 35.4 Å². The van der Waals surface area contributed by atoms with Gasteiger partial charge in [-0.3, -0.25) is 4.79 Å². The molecular formula is C11H13ClO. The average Bonchev–Trinajstić information content (AvgIpc) is 2.17. The number of rotatable bonds is 3. The van der Waals surface area contributed by atoms with E-state index in [9.17, 15) is 4.79 Å². The summed E-state index contributed by atoms with van der Waals surface area (Å²) in [6, 6.07) is 7.62. The molecule has 0 unspecified atom stereocenters. The highest BCUT2D eigenvalue weighted by Crippen LogP contribution is 2.14. The summed E-state index contributed by atoms with van der Waals surface area (Å²) >= 11 is 5.44. The first-order valence-corrected chi connectivity index (χ1v) is 4.87. The summed E-state index contributed by atoms with van der Waals surface area (Å²) in [6.45, 7) is 4.25. The molecule has 1 rings (SSSR count). The molecule has 0 aliphatic rings. The Morgan fingerprint density at radius 3 is 2.23 bits per heavy atom. The molecule has 0 aromatic heterocycles. The van der Waals surface area contributed by atoms with Gasteiger partial charge in [-0.15, -0.1) is 11.6 Å². The lowest BCUT2D eigenvalue weighted by molar-refractivity contribution is 0.102. The highest BCUT2D eigenvalue weighted by atomic mass is 35.5. The molecular weight excluding hydrogens is 184 g/mol. The van der Waals surface area contributed by atoms with Crippen molar-refractivity contribution < 1.29 is 4.79 Å². The minimum atomic E-state index is -0.0167. The summed E-state index contributed by atoms with van der Waals surface area (Å²) in [4.78, 5) is 11.2. The summed E-state index contributed by atoms with van der Waals surface area (Å²) < 4.78 is 0. The van der Waals surface area contributed by atoms with Crippen LogP contribution >= 0.6 is 11.6 Å². The van der Waals surface area contributed by atoms with Crippen LogP contribution in [0.5, 0.6) is 0 Å². The fraction of sp³-hybridized carbons (Fsp3) is 0.364. The van der Waals surface area contributed by atoms with Crippen LogP contribution in [0.4, 0.5) is 0 Å². The largest absolute Gasteiger partial charge is 0.293 e. The summed E-state index contributed by atoms with van der Waals surface area (Å²) in [5.41, 5.74) is 1.94. The van der Waals surface area contributed by atoms with Gasteiger partial charge in [0.1, 0.15) is 0 Å². The van der Waals surface area contributed by atoms with Crippen molar-refractivity contribution in [2.24, 2.45) is 0 Å². The van der Waals surface area contributed by atoms with Crippen LogP contribution in [0.2, 0.25) is 0 Å². The Hall–Kier alpha value is -0.820. The second-order valence-corrected chi connectivity index (χ2v) is 3.60. The summed E-state index contributed by atoms with van der Waals surface area (Å²) in [5, 5.41) is 0. The minimum Gasteiger partial charge on any atom is -0.293 e. The highest BCUT2D eigenvalue weighted by Gasteiger charge is 2.04. The number of carbonyl (C=O) groups excluding carboxylic acids is 1. The van der Waals surface area contributed by atoms with Gasteiger partial charge in [-0.25, -0.2) is 0 Å². The second kappa shape index (κ2) is 4.43. The molecule has 0 fully saturated rings. The number of carbonyl (C=O) groups is 1. The SMILES string of the molecule is CC(C)c1ccc(C(=O)CCl)cc1. The van der Waals surface area contributed by atoms with E-state index < -0.39 is 0 Å². The van der Waals surface area contributed by atoms with Gasteiger partial charge in [0.05, 0.1) is 5.88 Å². The predicted molar refractivity (Wildman–Crippen MR) is 55.6 cm³/mol. The van der Waals surface area contributed by atoms with E-state index in [1.54, 1.807) is 0 Å². The highest BCUT2D eigenvalue weighted by molar-refractivity contribution is 6.30. The molecule has 0 spiro atoms. The van der Waals surface area contributed by atoms with Crippen molar-refractivity contribution in [1.82, 2.24) is 0 Å². The maximum absolute atomic E-state index is 11.2. The van der Waals surface area contributed by atoms with E-state index in [1.165, 1.54) is 5.56 Å². The van der Waals surface area contributed by atoms with Gasteiger partial charge in [-0.2, -0.15) is 0 Å². The van der Waals surface area contributed by atoms with Crippen LogP contribution in [0, 0.1) is 0 Å². The average molecular weight is 197 g/mol. The number of Topliss-reactive ketones (excluding diaryl/α,β-unsaturated/α-hetero) is 1. The molecule has 0 radical (unpaired) electrons. The zero-order valence-corrected chi connectivity index (χ0v) is 8.64. The lowest BCUT2D eigenvalue weighted by Crippen LogP contribution is -2.00. The van der Waals surface area contributed by atoms with Gasteiger partial charge in [0.25, 0.3) is 0 Å². The van der Waals surface area contributed by atoms with Gasteiger partial charge in [0.15, 0.2) is 5.78 Å². The van der Waals surface area contributed by atoms with Crippen molar-refractivity contribution in [2.45, 2.75) is 19.8 Å². The Morgan fingerprint density at radius 1 is 1.31 bits per heavy atom. The fourth-order valence-electron chi connectivity index (χ4n) is 1.13. The van der Waals surface area contributed by atoms with Gasteiger partial charge in [-0.1, -0.05) is 38.1 Å². The third-order valence-corrected chi connectivity index (χ3v) is 2.26. The number of hydrogen-bond acceptors (Lipinski definition) is 1. The Morgan fingerprint density at radius 2 is 1.85 bits per heavy atom. The van der Waals surface area contributed by atoms with Crippen molar-refractivity contribution in [3.8, 4) is 0 Å². The van der Waals surface area contributed by atoms with Gasteiger partial charge >= 0.3 is 0 Å². The quantitative estimate of drug-likeness (QED) is 0.536. The van der Waals surface area contributed by atoms with Crippen LogP contribution < -0.4 is 0 Å². The summed E-state index contributed by atoms with van der Waals surface area (Å²) in [5.74, 6) is 0.540. The number of hydrogen-bond donors (Lipinski definition) is 0. The third-order valence-electron chi connectivity index (χ3n) is 2.02. The van der Waals surface area contributed by atoms with E-state index >= 15 is 0 Å². The molecule has 1 aromatic rings. The molecule has 0 saturated heterocycles. The number of halogens is 1. The molecule has 0 aliphatic carbocycles. The van der Waals surface area contributed by atoms with E-state index in [0.29, 0.717) is 11.5 Å². The zero-order valence-electron chi connectivity index (χ0n) is 7.88. The normalized spacial score (nSPS) is 10.5. The monoisotopic (exact) mass is 196 g/mol. The molecule has 13 heavy (non-hydrogen) atoms. The molecule has 0 atom stereocenters. The van der Waals surface area contributed by atoms with Crippen molar-refractivity contribution in [3.63, 3.8) is 0 Å². The first-order valence-electron chi connectivity index (χ1n) is 4.34. The Bertz CT molecular complexity index is 287. The molecule has 1 aromatic carbocycles. The summed E-state index contributed by atoms with van der Waals surface area (Å²) in [7, 11) is 0. The number of ketones is 1. The molecule has 70 valence electrons. The van der Waals surface area contributed by atoms with E-state index in [-0.39, 0.29) is 11.7 Å². The number of benzene rings is 1. The van der Waals surface area contributed by atoms with Crippen molar-refractivity contribution >= 4 is 17.4 Å². The molecule has 2 heteroatoms. The second-order valence-electron chi connectivity index (χ2n) is 3.33. The van der Waals surface area contributed by atoms with Crippen LogP contribution in [0.25, 0.3) is 0 Å². The number of alkyl halides is 1. The van der Waals surface area contributed by atoms with E-state index in [2.05, 4.69) is 13.8 Å². The maximum Gasteiger partial charge on any atom is 0.177 e. The zero-order chi connectivity index (χ0) is 9.84. The first-order chi connectivity index (χ1) is 6.15. The smallest absolute Gasteiger partial charge is 0.177 e. The molecule has 0 aliphatic heterocycles. The molecule has 0 amide bonds. The molecule has 0 heterocycles. The predicted octanol–water partition coefficient (Wildman–Crippen LogP) is 3.23. The van der Waals surface area contributed by atoms with E-state index in [0.717, 1.165) is 0 Å². The Labute approximate surface area is 83.7 Å². The van der Waals surface area contributed by atoms with Gasteiger partial charge in [0, 0.05) is 5.56 Å². The first kappa shape index (κ1) is 10.3. The Kier molecular flexibility index (Phi) is 3.49. The topological polar surface area (TPSA) is 17.1 Å². The lowest BCUT2D eigenvalue weighted by Gasteiger charge is -2.05. The van der Waals surface area contributed by atoms with E-state index in [4.69, 9.17) is 11.6 Å². The molecule has 0 bridgehead atoms. The molecule has 0 N–H and O–H groups in total. The molecule has 1 nitrogen and oxygen atoms in total.